The molecule has 0 radical (unpaired) electrons. The number of nitrogens with two attached hydrogens (primary N) is 1. The van der Waals surface area contributed by atoms with Crippen LogP contribution < -0.4 is 20.7 Å². The first-order valence-electron chi connectivity index (χ1n) is 6.60. The van der Waals surface area contributed by atoms with Gasteiger partial charge in [0.15, 0.2) is 18.2 Å². The number of anilines is 2. The van der Waals surface area contributed by atoms with E-state index in [4.69, 9.17) is 15.2 Å². The van der Waals surface area contributed by atoms with Crippen LogP contribution >= 0.6 is 0 Å². The van der Waals surface area contributed by atoms with Crippen LogP contribution in [0, 0.1) is 0 Å². The van der Waals surface area contributed by atoms with Crippen molar-refractivity contribution in [2.24, 2.45) is 5.73 Å². The van der Waals surface area contributed by atoms with Crippen LogP contribution in [-0.2, 0) is 9.53 Å². The summed E-state index contributed by atoms with van der Waals surface area (Å²) >= 11 is 0. The number of aromatic nitrogens is 2. The summed E-state index contributed by atoms with van der Waals surface area (Å²) in [4.78, 5) is 33.0. The molecular formula is C12H13N5O4. The normalized spacial score (nSPS) is 30.3. The number of carbonyl (C=O) groups excluding carboxylic acids is 2. The van der Waals surface area contributed by atoms with E-state index in [0.29, 0.717) is 25.2 Å². The Balaban J connectivity index is 1.61. The average molecular weight is 291 g/mol. The zero-order valence-corrected chi connectivity index (χ0v) is 11.0. The van der Waals surface area contributed by atoms with Gasteiger partial charge in [0.05, 0.1) is 12.7 Å². The predicted molar refractivity (Wildman–Crippen MR) is 69.9 cm³/mol. The van der Waals surface area contributed by atoms with E-state index in [1.165, 1.54) is 11.1 Å². The Morgan fingerprint density at radius 1 is 1.43 bits per heavy atom. The highest BCUT2D eigenvalue weighted by Crippen LogP contribution is 2.41. The van der Waals surface area contributed by atoms with Gasteiger partial charge in [-0.3, -0.25) is 9.69 Å². The van der Waals surface area contributed by atoms with Gasteiger partial charge in [-0.1, -0.05) is 0 Å². The summed E-state index contributed by atoms with van der Waals surface area (Å²) in [5, 5.41) is 2.56. The number of fused-ring (bicyclic) bond motifs is 1. The highest BCUT2D eigenvalue weighted by Gasteiger charge is 2.53. The lowest BCUT2D eigenvalue weighted by molar-refractivity contribution is -0.118. The molecule has 0 atom stereocenters. The maximum absolute atomic E-state index is 12.0. The van der Waals surface area contributed by atoms with Gasteiger partial charge in [-0.2, -0.15) is 0 Å². The molecule has 110 valence electrons. The summed E-state index contributed by atoms with van der Waals surface area (Å²) in [5.74, 6) is 0.468. The lowest BCUT2D eigenvalue weighted by Crippen LogP contribution is -2.54. The number of rotatable bonds is 1. The molecular weight excluding hydrogens is 278 g/mol. The summed E-state index contributed by atoms with van der Waals surface area (Å²) in [5.41, 5.74) is 5.26. The predicted octanol–water partition coefficient (Wildman–Crippen LogP) is -0.376. The SMILES string of the molecule is NC1CC2(C1)CN(c1cnc3c(n1)NC(=O)CO3)C(=O)O2. The zero-order chi connectivity index (χ0) is 14.6. The van der Waals surface area contributed by atoms with Crippen molar-refractivity contribution >= 4 is 23.6 Å². The van der Waals surface area contributed by atoms with Crippen LogP contribution in [-0.4, -0.2) is 46.8 Å². The Morgan fingerprint density at radius 2 is 2.24 bits per heavy atom. The van der Waals surface area contributed by atoms with Crippen molar-refractivity contribution < 1.29 is 19.1 Å². The highest BCUT2D eigenvalue weighted by molar-refractivity contribution is 5.94. The van der Waals surface area contributed by atoms with Gasteiger partial charge in [0.1, 0.15) is 5.60 Å². The smallest absolute Gasteiger partial charge is 0.416 e. The number of ether oxygens (including phenoxy) is 2. The van der Waals surface area contributed by atoms with E-state index in [1.807, 2.05) is 0 Å². The van der Waals surface area contributed by atoms with Crippen LogP contribution in [0.25, 0.3) is 0 Å². The first-order chi connectivity index (χ1) is 10.0. The van der Waals surface area contributed by atoms with Crippen LogP contribution in [0.2, 0.25) is 0 Å². The van der Waals surface area contributed by atoms with Gasteiger partial charge in [0, 0.05) is 18.9 Å². The summed E-state index contributed by atoms with van der Waals surface area (Å²) in [6.45, 7) is 0.301. The van der Waals surface area contributed by atoms with Crippen molar-refractivity contribution in [1.29, 1.82) is 0 Å². The molecule has 2 aliphatic heterocycles. The zero-order valence-electron chi connectivity index (χ0n) is 11.0. The maximum Gasteiger partial charge on any atom is 0.416 e. The van der Waals surface area contributed by atoms with Gasteiger partial charge in [-0.05, 0) is 0 Å². The lowest BCUT2D eigenvalue weighted by Gasteiger charge is -2.40. The number of amides is 2. The second-order valence-electron chi connectivity index (χ2n) is 5.52. The van der Waals surface area contributed by atoms with Gasteiger partial charge in [0.2, 0.25) is 0 Å². The number of nitrogens with one attached hydrogen (secondary N) is 1. The average Bonchev–Trinajstić information content (AvgIpc) is 2.75. The molecule has 9 nitrogen and oxygen atoms in total. The Kier molecular flexibility index (Phi) is 2.37. The second kappa shape index (κ2) is 4.04. The molecule has 4 rings (SSSR count). The molecule has 9 heteroatoms. The minimum absolute atomic E-state index is 0.0695. The minimum atomic E-state index is -0.506. The Labute approximate surface area is 119 Å². The first-order valence-corrected chi connectivity index (χ1v) is 6.60. The summed E-state index contributed by atoms with van der Waals surface area (Å²) in [7, 11) is 0. The Hall–Kier alpha value is -2.42. The third kappa shape index (κ3) is 1.88. The van der Waals surface area contributed by atoms with Crippen molar-refractivity contribution in [2.45, 2.75) is 24.5 Å². The summed E-state index contributed by atoms with van der Waals surface area (Å²) in [6.07, 6.45) is 2.25. The van der Waals surface area contributed by atoms with E-state index >= 15 is 0 Å². The van der Waals surface area contributed by atoms with Crippen LogP contribution in [0.5, 0.6) is 5.88 Å². The molecule has 2 amide bonds. The molecule has 1 aliphatic carbocycles. The molecule has 21 heavy (non-hydrogen) atoms. The molecule has 1 aromatic rings. The van der Waals surface area contributed by atoms with Crippen molar-refractivity contribution in [3.05, 3.63) is 6.20 Å². The molecule has 2 fully saturated rings. The molecule has 0 unspecified atom stereocenters. The van der Waals surface area contributed by atoms with Crippen LogP contribution in [0.15, 0.2) is 6.20 Å². The van der Waals surface area contributed by atoms with Crippen LogP contribution in [0.3, 0.4) is 0 Å². The van der Waals surface area contributed by atoms with Gasteiger partial charge in [-0.15, -0.1) is 0 Å². The molecule has 1 saturated heterocycles. The number of nitrogens with zero attached hydrogens (tertiary/aromatic N) is 3. The van der Waals surface area contributed by atoms with Crippen LogP contribution in [0.4, 0.5) is 16.4 Å². The number of hydrogen-bond donors (Lipinski definition) is 2. The van der Waals surface area contributed by atoms with Gasteiger partial charge < -0.3 is 20.5 Å². The van der Waals surface area contributed by atoms with Crippen molar-refractivity contribution in [3.8, 4) is 5.88 Å². The Bertz CT molecular complexity index is 643. The van der Waals surface area contributed by atoms with E-state index in [9.17, 15) is 9.59 Å². The monoisotopic (exact) mass is 291 g/mol. The molecule has 3 aliphatic rings. The third-order valence-corrected chi connectivity index (χ3v) is 3.84. The van der Waals surface area contributed by atoms with Crippen LogP contribution in [0.1, 0.15) is 12.8 Å². The van der Waals surface area contributed by atoms with Gasteiger partial charge >= 0.3 is 6.09 Å². The third-order valence-electron chi connectivity index (χ3n) is 3.84. The molecule has 3 heterocycles. The van der Waals surface area contributed by atoms with E-state index in [2.05, 4.69) is 15.3 Å². The van der Waals surface area contributed by atoms with Gasteiger partial charge in [0.25, 0.3) is 11.8 Å². The van der Waals surface area contributed by atoms with E-state index in [0.717, 1.165) is 0 Å². The van der Waals surface area contributed by atoms with Crippen molar-refractivity contribution in [3.63, 3.8) is 0 Å². The fraction of sp³-hybridized carbons (Fsp3) is 0.500. The summed E-state index contributed by atoms with van der Waals surface area (Å²) in [6, 6.07) is 0.0695. The Morgan fingerprint density at radius 3 is 3.00 bits per heavy atom. The second-order valence-corrected chi connectivity index (χ2v) is 5.52. The molecule has 3 N–H and O–H groups in total. The number of hydrogen-bond acceptors (Lipinski definition) is 7. The topological polar surface area (TPSA) is 120 Å². The highest BCUT2D eigenvalue weighted by atomic mass is 16.6. The van der Waals surface area contributed by atoms with E-state index in [1.54, 1.807) is 0 Å². The quantitative estimate of drug-likeness (QED) is 0.724. The minimum Gasteiger partial charge on any atom is -0.465 e. The molecule has 1 aromatic heterocycles. The molecule has 0 bridgehead atoms. The largest absolute Gasteiger partial charge is 0.465 e. The summed E-state index contributed by atoms with van der Waals surface area (Å²) < 4.78 is 10.5. The van der Waals surface area contributed by atoms with E-state index < -0.39 is 11.7 Å². The van der Waals surface area contributed by atoms with Crippen molar-refractivity contribution in [1.82, 2.24) is 9.97 Å². The molecule has 1 spiro atoms. The maximum atomic E-state index is 12.0. The first kappa shape index (κ1) is 12.3. The van der Waals surface area contributed by atoms with Crippen molar-refractivity contribution in [2.75, 3.05) is 23.4 Å². The number of carbonyl (C=O) groups is 2. The fourth-order valence-electron chi connectivity index (χ4n) is 2.90. The molecule has 1 saturated carbocycles. The van der Waals surface area contributed by atoms with Gasteiger partial charge in [-0.25, -0.2) is 14.8 Å². The lowest BCUT2D eigenvalue weighted by atomic mass is 9.76. The molecule has 0 aromatic carbocycles. The fourth-order valence-corrected chi connectivity index (χ4v) is 2.90. The standard InChI is InChI=1S/C12H13N5O4/c13-6-1-12(2-6)5-17(11(19)21-12)7-3-14-10-9(15-7)16-8(18)4-20-10/h3,6H,1-2,4-5,13H2,(H,15,16,18). The van der Waals surface area contributed by atoms with E-state index in [-0.39, 0.29) is 30.3 Å².